The van der Waals surface area contributed by atoms with Crippen LogP contribution in [0.1, 0.15) is 50.8 Å². The Morgan fingerprint density at radius 3 is 2.75 bits per heavy atom. The Balaban J connectivity index is 1.56. The van der Waals surface area contributed by atoms with E-state index < -0.39 is 0 Å². The van der Waals surface area contributed by atoms with Gasteiger partial charge in [-0.05, 0) is 44.0 Å². The zero-order valence-corrected chi connectivity index (χ0v) is 18.6. The van der Waals surface area contributed by atoms with E-state index in [4.69, 9.17) is 0 Å². The molecule has 32 heavy (non-hydrogen) atoms. The molecule has 2 aliphatic heterocycles. The van der Waals surface area contributed by atoms with Gasteiger partial charge < -0.3 is 15.0 Å². The Morgan fingerprint density at radius 2 is 2.06 bits per heavy atom. The van der Waals surface area contributed by atoms with Crippen molar-refractivity contribution in [1.29, 1.82) is 0 Å². The van der Waals surface area contributed by atoms with E-state index in [0.29, 0.717) is 12.1 Å². The Bertz CT molecular complexity index is 1030. The first-order valence-electron chi connectivity index (χ1n) is 11.9. The van der Waals surface area contributed by atoms with E-state index in [1.165, 1.54) is 0 Å². The summed E-state index contributed by atoms with van der Waals surface area (Å²) in [6, 6.07) is 7.61. The van der Waals surface area contributed by atoms with Gasteiger partial charge in [-0.25, -0.2) is 0 Å². The number of aromatic nitrogens is 2. The molecule has 7 heteroatoms. The number of carbonyl (C=O) groups excluding carboxylic acids is 1. The van der Waals surface area contributed by atoms with E-state index in [0.717, 1.165) is 49.9 Å². The monoisotopic (exact) mass is 436 g/mol. The minimum absolute atomic E-state index is 0.0290. The first kappa shape index (κ1) is 21.3. The Kier molecular flexibility index (Phi) is 5.86. The van der Waals surface area contributed by atoms with Gasteiger partial charge in [-0.15, -0.1) is 0 Å². The minimum atomic E-state index is -0.352. The molecule has 2 aromatic rings. The Labute approximate surface area is 188 Å². The van der Waals surface area contributed by atoms with Crippen molar-refractivity contribution >= 4 is 5.91 Å². The lowest BCUT2D eigenvalue weighted by Crippen LogP contribution is -2.47. The van der Waals surface area contributed by atoms with Crippen molar-refractivity contribution in [3.8, 4) is 11.1 Å². The summed E-state index contributed by atoms with van der Waals surface area (Å²) in [5, 5.41) is 13.6. The van der Waals surface area contributed by atoms with Gasteiger partial charge in [-0.3, -0.25) is 19.5 Å². The van der Waals surface area contributed by atoms with Crippen LogP contribution in [0.15, 0.2) is 41.5 Å². The van der Waals surface area contributed by atoms with Crippen molar-refractivity contribution in [3.05, 3.63) is 52.7 Å². The first-order chi connectivity index (χ1) is 15.6. The van der Waals surface area contributed by atoms with Gasteiger partial charge in [0.1, 0.15) is 0 Å². The van der Waals surface area contributed by atoms with Crippen LogP contribution in [0.5, 0.6) is 0 Å². The summed E-state index contributed by atoms with van der Waals surface area (Å²) < 4.78 is 1.84. The number of aliphatic hydroxyl groups excluding tert-OH is 1. The lowest BCUT2D eigenvalue weighted by Gasteiger charge is -2.38. The molecule has 4 heterocycles. The molecule has 1 amide bonds. The zero-order chi connectivity index (χ0) is 22.2. The standard InChI is InChI=1S/C25H32N4O3/c1-2-12-28-21-14-29-20(10-9-18(25(29)32)16-6-5-11-26-13-16)23(28)22(19(21)15-30)24(31)27-17-7-3-4-8-17/h5-6,9-11,13,17,19,21-23,30H,2-4,7-8,12,14-15H2,1H3,(H,27,31)/t19-,21-,22+,23+/m1/s1. The van der Waals surface area contributed by atoms with Crippen LogP contribution in [0, 0.1) is 11.8 Å². The third-order valence-corrected chi connectivity index (χ3v) is 7.63. The second-order valence-electron chi connectivity index (χ2n) is 9.44. The average Bonchev–Trinajstić information content (AvgIpc) is 3.38. The lowest BCUT2D eigenvalue weighted by molar-refractivity contribution is -0.128. The second kappa shape index (κ2) is 8.79. The fourth-order valence-corrected chi connectivity index (χ4v) is 6.20. The Hall–Kier alpha value is -2.51. The van der Waals surface area contributed by atoms with Crippen LogP contribution >= 0.6 is 0 Å². The maximum absolute atomic E-state index is 13.5. The molecular weight excluding hydrogens is 404 g/mol. The van der Waals surface area contributed by atoms with Gasteiger partial charge in [-0.1, -0.05) is 25.8 Å². The van der Waals surface area contributed by atoms with E-state index in [1.54, 1.807) is 12.4 Å². The van der Waals surface area contributed by atoms with Crippen LogP contribution in [0.2, 0.25) is 0 Å². The molecule has 0 unspecified atom stereocenters. The van der Waals surface area contributed by atoms with Crippen molar-refractivity contribution in [2.75, 3.05) is 13.2 Å². The van der Waals surface area contributed by atoms with Crippen molar-refractivity contribution in [3.63, 3.8) is 0 Å². The fraction of sp³-hybridized carbons (Fsp3) is 0.560. The fourth-order valence-electron chi connectivity index (χ4n) is 6.20. The summed E-state index contributed by atoms with van der Waals surface area (Å²) in [5.74, 6) is -0.509. The highest BCUT2D eigenvalue weighted by molar-refractivity contribution is 5.81. The van der Waals surface area contributed by atoms with E-state index in [2.05, 4.69) is 22.1 Å². The quantitative estimate of drug-likeness (QED) is 0.726. The summed E-state index contributed by atoms with van der Waals surface area (Å²) in [4.78, 5) is 33.5. The summed E-state index contributed by atoms with van der Waals surface area (Å²) in [6.07, 6.45) is 8.73. The van der Waals surface area contributed by atoms with Crippen molar-refractivity contribution in [2.45, 2.75) is 63.7 Å². The predicted molar refractivity (Wildman–Crippen MR) is 122 cm³/mol. The number of hydrogen-bond acceptors (Lipinski definition) is 5. The van der Waals surface area contributed by atoms with E-state index in [9.17, 15) is 14.7 Å². The smallest absolute Gasteiger partial charge is 0.258 e. The van der Waals surface area contributed by atoms with Crippen LogP contribution in [-0.4, -0.2) is 50.7 Å². The van der Waals surface area contributed by atoms with E-state index in [1.807, 2.05) is 28.8 Å². The van der Waals surface area contributed by atoms with Crippen LogP contribution in [0.4, 0.5) is 0 Å². The summed E-state index contributed by atoms with van der Waals surface area (Å²) in [6.45, 7) is 3.42. The molecule has 2 bridgehead atoms. The number of aliphatic hydroxyl groups is 1. The second-order valence-corrected chi connectivity index (χ2v) is 9.44. The number of nitrogens with zero attached hydrogens (tertiary/aromatic N) is 3. The van der Waals surface area contributed by atoms with Crippen LogP contribution < -0.4 is 10.9 Å². The predicted octanol–water partition coefficient (Wildman–Crippen LogP) is 2.34. The molecule has 3 aliphatic rings. The average molecular weight is 437 g/mol. The Morgan fingerprint density at radius 1 is 1.25 bits per heavy atom. The molecule has 1 aliphatic carbocycles. The van der Waals surface area contributed by atoms with E-state index in [-0.39, 0.29) is 48.0 Å². The van der Waals surface area contributed by atoms with Gasteiger partial charge in [-0.2, -0.15) is 0 Å². The van der Waals surface area contributed by atoms with Gasteiger partial charge in [0.15, 0.2) is 0 Å². The molecule has 0 radical (unpaired) electrons. The normalized spacial score (nSPS) is 27.4. The molecule has 1 saturated heterocycles. The lowest BCUT2D eigenvalue weighted by atomic mass is 9.86. The molecule has 5 rings (SSSR count). The molecule has 170 valence electrons. The number of pyridine rings is 2. The highest BCUT2D eigenvalue weighted by Crippen LogP contribution is 2.48. The highest BCUT2D eigenvalue weighted by Gasteiger charge is 2.55. The number of carbonyl (C=O) groups is 1. The van der Waals surface area contributed by atoms with Crippen molar-refractivity contribution in [1.82, 2.24) is 19.8 Å². The molecule has 0 spiro atoms. The SMILES string of the molecule is CCCN1[C@@H]2Cn3c(ccc(-c4cccnc4)c3=O)[C@H]1[C@@H](C(=O)NC1CCCC1)[C@@H]2CO. The number of rotatable bonds is 6. The molecule has 2 aromatic heterocycles. The third kappa shape index (κ3) is 3.48. The van der Waals surface area contributed by atoms with Crippen LogP contribution in [0.3, 0.4) is 0 Å². The summed E-state index contributed by atoms with van der Waals surface area (Å²) >= 11 is 0. The largest absolute Gasteiger partial charge is 0.396 e. The number of nitrogens with one attached hydrogen (secondary N) is 1. The summed E-state index contributed by atoms with van der Waals surface area (Å²) in [5.41, 5.74) is 2.26. The van der Waals surface area contributed by atoms with Crippen LogP contribution in [0.25, 0.3) is 11.1 Å². The van der Waals surface area contributed by atoms with Crippen molar-refractivity contribution in [2.24, 2.45) is 11.8 Å². The molecule has 2 N–H and O–H groups in total. The maximum atomic E-state index is 13.5. The van der Waals surface area contributed by atoms with Crippen molar-refractivity contribution < 1.29 is 9.90 Å². The number of fused-ring (bicyclic) bond motifs is 4. The van der Waals surface area contributed by atoms with Gasteiger partial charge >= 0.3 is 0 Å². The highest BCUT2D eigenvalue weighted by atomic mass is 16.3. The number of amides is 1. The molecule has 1 saturated carbocycles. The van der Waals surface area contributed by atoms with E-state index >= 15 is 0 Å². The molecule has 0 aromatic carbocycles. The molecule has 4 atom stereocenters. The van der Waals surface area contributed by atoms with Gasteiger partial charge in [0.2, 0.25) is 5.91 Å². The molecular formula is C25H32N4O3. The third-order valence-electron chi connectivity index (χ3n) is 7.63. The topological polar surface area (TPSA) is 87.5 Å². The van der Waals surface area contributed by atoms with Gasteiger partial charge in [0.05, 0.1) is 12.0 Å². The molecule has 2 fully saturated rings. The first-order valence-corrected chi connectivity index (χ1v) is 11.9. The van der Waals surface area contributed by atoms with Crippen LogP contribution in [-0.2, 0) is 11.3 Å². The maximum Gasteiger partial charge on any atom is 0.258 e. The number of hydrogen-bond donors (Lipinski definition) is 2. The zero-order valence-electron chi connectivity index (χ0n) is 18.6. The minimum Gasteiger partial charge on any atom is -0.396 e. The van der Waals surface area contributed by atoms with Gasteiger partial charge in [0.25, 0.3) is 5.56 Å². The summed E-state index contributed by atoms with van der Waals surface area (Å²) in [7, 11) is 0. The molecule has 7 nitrogen and oxygen atoms in total. The van der Waals surface area contributed by atoms with Gasteiger partial charge in [0, 0.05) is 60.4 Å².